The van der Waals surface area contributed by atoms with E-state index < -0.39 is 0 Å². The molecule has 1 aromatic carbocycles. The fraction of sp³-hybridized carbons (Fsp3) is 0.400. The molecule has 0 bridgehead atoms. The van der Waals surface area contributed by atoms with Crippen LogP contribution in [0.25, 0.3) is 10.9 Å². The first-order chi connectivity index (χ1) is 9.63. The Balaban J connectivity index is 1.78. The number of nitrogens with zero attached hydrogens (tertiary/aromatic N) is 2. The van der Waals surface area contributed by atoms with Crippen LogP contribution in [-0.2, 0) is 11.3 Å². The van der Waals surface area contributed by atoms with Crippen molar-refractivity contribution in [3.05, 3.63) is 35.5 Å². The van der Waals surface area contributed by atoms with Crippen LogP contribution in [-0.4, -0.2) is 41.1 Å². The number of rotatable bonds is 2. The summed E-state index contributed by atoms with van der Waals surface area (Å²) in [6.07, 6.45) is 1.95. The van der Waals surface area contributed by atoms with E-state index in [1.807, 2.05) is 39.9 Å². The molecule has 2 heterocycles. The van der Waals surface area contributed by atoms with E-state index in [-0.39, 0.29) is 5.91 Å². The van der Waals surface area contributed by atoms with Gasteiger partial charge in [0.1, 0.15) is 6.54 Å². The number of halogens is 1. The minimum absolute atomic E-state index is 0.163. The highest BCUT2D eigenvalue weighted by molar-refractivity contribution is 6.31. The molecule has 4 nitrogen and oxygen atoms in total. The monoisotopic (exact) mass is 291 g/mol. The van der Waals surface area contributed by atoms with Gasteiger partial charge in [-0.15, -0.1) is 0 Å². The molecule has 1 fully saturated rings. The highest BCUT2D eigenvalue weighted by atomic mass is 35.5. The highest BCUT2D eigenvalue weighted by Gasteiger charge is 2.20. The van der Waals surface area contributed by atoms with Crippen molar-refractivity contribution in [3.63, 3.8) is 0 Å². The summed E-state index contributed by atoms with van der Waals surface area (Å²) < 4.78 is 1.97. The molecule has 1 atom stereocenters. The molecule has 0 aliphatic carbocycles. The molecule has 1 saturated heterocycles. The summed E-state index contributed by atoms with van der Waals surface area (Å²) in [7, 11) is 0. The van der Waals surface area contributed by atoms with Crippen LogP contribution in [0.15, 0.2) is 30.5 Å². The Morgan fingerprint density at radius 3 is 3.10 bits per heavy atom. The van der Waals surface area contributed by atoms with Gasteiger partial charge in [0.15, 0.2) is 0 Å². The first-order valence-corrected chi connectivity index (χ1v) is 7.27. The molecule has 0 unspecified atom stereocenters. The van der Waals surface area contributed by atoms with Crippen molar-refractivity contribution in [1.29, 1.82) is 0 Å². The predicted octanol–water partition coefficient (Wildman–Crippen LogP) is 2.11. The Kier molecular flexibility index (Phi) is 3.68. The Hall–Kier alpha value is -1.52. The minimum atomic E-state index is 0.163. The number of carbonyl (C=O) groups excluding carboxylic acids is 1. The average molecular weight is 292 g/mol. The Morgan fingerprint density at radius 1 is 1.45 bits per heavy atom. The molecule has 0 radical (unpaired) electrons. The zero-order chi connectivity index (χ0) is 14.1. The van der Waals surface area contributed by atoms with E-state index in [0.29, 0.717) is 17.6 Å². The van der Waals surface area contributed by atoms with Gasteiger partial charge in [-0.05, 0) is 30.5 Å². The molecule has 3 rings (SSSR count). The maximum absolute atomic E-state index is 12.4. The van der Waals surface area contributed by atoms with E-state index in [2.05, 4.69) is 12.2 Å². The molecule has 5 heteroatoms. The lowest BCUT2D eigenvalue weighted by Gasteiger charge is -2.32. The lowest BCUT2D eigenvalue weighted by atomic mass is 10.2. The van der Waals surface area contributed by atoms with Crippen LogP contribution >= 0.6 is 11.6 Å². The van der Waals surface area contributed by atoms with Crippen molar-refractivity contribution in [3.8, 4) is 0 Å². The summed E-state index contributed by atoms with van der Waals surface area (Å²) in [5.74, 6) is 0.163. The number of nitrogens with one attached hydrogen (secondary N) is 1. The molecule has 0 spiro atoms. The molecule has 106 valence electrons. The van der Waals surface area contributed by atoms with Gasteiger partial charge in [0.05, 0.1) is 0 Å². The Bertz CT molecular complexity index is 637. The van der Waals surface area contributed by atoms with Crippen molar-refractivity contribution >= 4 is 28.4 Å². The molecule has 1 aromatic heterocycles. The van der Waals surface area contributed by atoms with Gasteiger partial charge in [0.25, 0.3) is 0 Å². The normalized spacial score (nSPS) is 19.5. The van der Waals surface area contributed by atoms with Gasteiger partial charge in [-0.2, -0.15) is 0 Å². The lowest BCUT2D eigenvalue weighted by molar-refractivity contribution is -0.132. The Labute approximate surface area is 123 Å². The number of carbonyl (C=O) groups is 1. The van der Waals surface area contributed by atoms with E-state index in [0.717, 1.165) is 30.5 Å². The average Bonchev–Trinajstić information content (AvgIpc) is 2.81. The van der Waals surface area contributed by atoms with E-state index >= 15 is 0 Å². The molecule has 1 N–H and O–H groups in total. The van der Waals surface area contributed by atoms with Gasteiger partial charge < -0.3 is 14.8 Å². The summed E-state index contributed by atoms with van der Waals surface area (Å²) >= 11 is 6.03. The first-order valence-electron chi connectivity index (χ1n) is 6.89. The Morgan fingerprint density at radius 2 is 2.30 bits per heavy atom. The second-order valence-corrected chi connectivity index (χ2v) is 5.78. The largest absolute Gasteiger partial charge is 0.338 e. The van der Waals surface area contributed by atoms with Gasteiger partial charge in [-0.1, -0.05) is 17.7 Å². The molecule has 20 heavy (non-hydrogen) atoms. The van der Waals surface area contributed by atoms with Gasteiger partial charge in [0.2, 0.25) is 5.91 Å². The number of hydrogen-bond acceptors (Lipinski definition) is 2. The van der Waals surface area contributed by atoms with E-state index in [9.17, 15) is 4.79 Å². The van der Waals surface area contributed by atoms with E-state index in [1.165, 1.54) is 0 Å². The van der Waals surface area contributed by atoms with Crippen molar-refractivity contribution in [2.75, 3.05) is 19.6 Å². The number of hydrogen-bond donors (Lipinski definition) is 1. The highest BCUT2D eigenvalue weighted by Crippen LogP contribution is 2.20. The van der Waals surface area contributed by atoms with Crippen molar-refractivity contribution in [1.82, 2.24) is 14.8 Å². The van der Waals surface area contributed by atoms with Crippen LogP contribution in [0.5, 0.6) is 0 Å². The smallest absolute Gasteiger partial charge is 0.242 e. The second kappa shape index (κ2) is 5.46. The number of amides is 1. The van der Waals surface area contributed by atoms with Crippen molar-refractivity contribution in [2.24, 2.45) is 0 Å². The van der Waals surface area contributed by atoms with Gasteiger partial charge in [-0.3, -0.25) is 4.79 Å². The van der Waals surface area contributed by atoms with Crippen LogP contribution in [0.3, 0.4) is 0 Å². The topological polar surface area (TPSA) is 37.3 Å². The summed E-state index contributed by atoms with van der Waals surface area (Å²) in [6.45, 7) is 4.90. The summed E-state index contributed by atoms with van der Waals surface area (Å²) in [6, 6.07) is 8.13. The fourth-order valence-corrected chi connectivity index (χ4v) is 2.87. The molecular formula is C15H18ClN3O. The number of benzene rings is 1. The second-order valence-electron chi connectivity index (χ2n) is 5.34. The summed E-state index contributed by atoms with van der Waals surface area (Å²) in [5.41, 5.74) is 1.01. The summed E-state index contributed by atoms with van der Waals surface area (Å²) in [4.78, 5) is 14.3. The number of aromatic nitrogens is 1. The first kappa shape index (κ1) is 13.5. The third kappa shape index (κ3) is 2.67. The van der Waals surface area contributed by atoms with Gasteiger partial charge in [0, 0.05) is 42.4 Å². The number of piperazine rings is 1. The van der Waals surface area contributed by atoms with E-state index in [1.54, 1.807) is 0 Å². The third-order valence-electron chi connectivity index (χ3n) is 3.76. The van der Waals surface area contributed by atoms with Crippen LogP contribution < -0.4 is 5.32 Å². The SMILES string of the molecule is C[C@@H]1CN(C(=O)Cn2ccc3ccc(Cl)cc32)CCN1. The zero-order valence-corrected chi connectivity index (χ0v) is 12.2. The minimum Gasteiger partial charge on any atom is -0.338 e. The molecule has 2 aromatic rings. The molecule has 1 aliphatic heterocycles. The molecule has 1 amide bonds. The molecular weight excluding hydrogens is 274 g/mol. The standard InChI is InChI=1S/C15H18ClN3O/c1-11-9-19(7-5-17-11)15(20)10-18-6-4-12-2-3-13(16)8-14(12)18/h2-4,6,8,11,17H,5,7,9-10H2,1H3/t11-/m1/s1. The third-order valence-corrected chi connectivity index (χ3v) is 4.00. The lowest BCUT2D eigenvalue weighted by Crippen LogP contribution is -2.52. The number of fused-ring (bicyclic) bond motifs is 1. The predicted molar refractivity (Wildman–Crippen MR) is 81.0 cm³/mol. The maximum atomic E-state index is 12.4. The maximum Gasteiger partial charge on any atom is 0.242 e. The van der Waals surface area contributed by atoms with Gasteiger partial charge >= 0.3 is 0 Å². The van der Waals surface area contributed by atoms with E-state index in [4.69, 9.17) is 11.6 Å². The van der Waals surface area contributed by atoms with Crippen LogP contribution in [0, 0.1) is 0 Å². The van der Waals surface area contributed by atoms with Crippen LogP contribution in [0.1, 0.15) is 6.92 Å². The van der Waals surface area contributed by atoms with Crippen molar-refractivity contribution in [2.45, 2.75) is 19.5 Å². The van der Waals surface area contributed by atoms with Gasteiger partial charge in [-0.25, -0.2) is 0 Å². The van der Waals surface area contributed by atoms with Crippen LogP contribution in [0.4, 0.5) is 0 Å². The van der Waals surface area contributed by atoms with Crippen LogP contribution in [0.2, 0.25) is 5.02 Å². The van der Waals surface area contributed by atoms with Crippen molar-refractivity contribution < 1.29 is 4.79 Å². The quantitative estimate of drug-likeness (QED) is 0.920. The zero-order valence-electron chi connectivity index (χ0n) is 11.5. The molecule has 0 saturated carbocycles. The molecule has 1 aliphatic rings. The summed E-state index contributed by atoms with van der Waals surface area (Å²) in [5, 5.41) is 5.15. The fourth-order valence-electron chi connectivity index (χ4n) is 2.70.